The zero-order valence-corrected chi connectivity index (χ0v) is 14.0. The van der Waals surface area contributed by atoms with Crippen LogP contribution in [0.15, 0.2) is 40.2 Å². The van der Waals surface area contributed by atoms with Crippen molar-refractivity contribution in [1.82, 2.24) is 9.88 Å². The normalized spacial score (nSPS) is 11.3. The molecule has 2 nitrogen and oxygen atoms in total. The minimum atomic E-state index is 0.890. The lowest BCUT2D eigenvalue weighted by Crippen LogP contribution is -2.15. The molecule has 1 aromatic carbocycles. The molecule has 2 heterocycles. The van der Waals surface area contributed by atoms with Gasteiger partial charge in [-0.1, -0.05) is 18.2 Å². The number of halogens is 1. The minimum Gasteiger partial charge on any atom is -0.346 e. The van der Waals surface area contributed by atoms with Gasteiger partial charge in [0.2, 0.25) is 0 Å². The standard InChI is InChI=1S/C16H17BrN2S/c1-11-12-5-3-4-6-14(12)19(2)15(11)9-18-10-16-13(17)7-8-20-16/h3-8,18H,9-10H2,1-2H3. The molecule has 3 aromatic rings. The van der Waals surface area contributed by atoms with E-state index in [0.717, 1.165) is 13.1 Å². The highest BCUT2D eigenvalue weighted by atomic mass is 79.9. The molecule has 2 aromatic heterocycles. The number of fused-ring (bicyclic) bond motifs is 1. The smallest absolute Gasteiger partial charge is 0.0483 e. The van der Waals surface area contributed by atoms with Crippen molar-refractivity contribution in [3.05, 3.63) is 56.3 Å². The van der Waals surface area contributed by atoms with Crippen molar-refractivity contribution in [3.63, 3.8) is 0 Å². The molecule has 0 spiro atoms. The Morgan fingerprint density at radius 1 is 1.20 bits per heavy atom. The van der Waals surface area contributed by atoms with E-state index in [0.29, 0.717) is 0 Å². The van der Waals surface area contributed by atoms with Gasteiger partial charge in [0.1, 0.15) is 0 Å². The fourth-order valence-corrected chi connectivity index (χ4v) is 4.09. The van der Waals surface area contributed by atoms with Crippen LogP contribution in [-0.2, 0) is 20.1 Å². The number of rotatable bonds is 4. The molecule has 0 amide bonds. The number of nitrogens with one attached hydrogen (secondary N) is 1. The molecule has 20 heavy (non-hydrogen) atoms. The Bertz CT molecular complexity index is 703. The number of aromatic nitrogens is 1. The quantitative estimate of drug-likeness (QED) is 0.728. The summed E-state index contributed by atoms with van der Waals surface area (Å²) in [7, 11) is 2.15. The van der Waals surface area contributed by atoms with Crippen molar-refractivity contribution in [2.24, 2.45) is 7.05 Å². The van der Waals surface area contributed by atoms with Crippen LogP contribution >= 0.6 is 27.3 Å². The van der Waals surface area contributed by atoms with Crippen LogP contribution < -0.4 is 5.32 Å². The molecule has 4 heteroatoms. The first-order valence-electron chi connectivity index (χ1n) is 6.64. The van der Waals surface area contributed by atoms with Gasteiger partial charge in [-0.05, 0) is 45.9 Å². The number of para-hydroxylation sites is 1. The van der Waals surface area contributed by atoms with Gasteiger partial charge >= 0.3 is 0 Å². The molecule has 0 radical (unpaired) electrons. The summed E-state index contributed by atoms with van der Waals surface area (Å²) in [5.74, 6) is 0. The molecular weight excluding hydrogens is 332 g/mol. The molecule has 0 bridgehead atoms. The van der Waals surface area contributed by atoms with Gasteiger partial charge in [0.05, 0.1) is 0 Å². The molecule has 3 rings (SSSR count). The zero-order valence-electron chi connectivity index (χ0n) is 11.6. The maximum atomic E-state index is 3.57. The second-order valence-electron chi connectivity index (χ2n) is 4.94. The van der Waals surface area contributed by atoms with Crippen molar-refractivity contribution >= 4 is 38.2 Å². The van der Waals surface area contributed by atoms with Crippen LogP contribution in [0.2, 0.25) is 0 Å². The lowest BCUT2D eigenvalue weighted by atomic mass is 10.1. The first-order chi connectivity index (χ1) is 9.68. The predicted octanol–water partition coefficient (Wildman–Crippen LogP) is 4.60. The molecule has 0 aliphatic heterocycles. The maximum absolute atomic E-state index is 3.57. The number of aryl methyl sites for hydroxylation is 2. The van der Waals surface area contributed by atoms with Gasteiger partial charge in [0.25, 0.3) is 0 Å². The average Bonchev–Trinajstić information content (AvgIpc) is 2.97. The van der Waals surface area contributed by atoms with Crippen molar-refractivity contribution in [2.75, 3.05) is 0 Å². The number of benzene rings is 1. The SMILES string of the molecule is Cc1c(CNCc2sccc2Br)n(C)c2ccccc12. The minimum absolute atomic E-state index is 0.890. The Morgan fingerprint density at radius 3 is 2.70 bits per heavy atom. The van der Waals surface area contributed by atoms with Crippen molar-refractivity contribution < 1.29 is 0 Å². The monoisotopic (exact) mass is 348 g/mol. The van der Waals surface area contributed by atoms with Crippen LogP contribution in [0.3, 0.4) is 0 Å². The maximum Gasteiger partial charge on any atom is 0.0483 e. The lowest BCUT2D eigenvalue weighted by molar-refractivity contribution is 0.661. The Kier molecular flexibility index (Phi) is 3.96. The number of hydrogen-bond donors (Lipinski definition) is 1. The first-order valence-corrected chi connectivity index (χ1v) is 8.31. The van der Waals surface area contributed by atoms with E-state index in [2.05, 4.69) is 75.5 Å². The summed E-state index contributed by atoms with van der Waals surface area (Å²) in [6, 6.07) is 10.7. The molecule has 0 aliphatic rings. The lowest BCUT2D eigenvalue weighted by Gasteiger charge is -2.07. The second kappa shape index (κ2) is 5.72. The summed E-state index contributed by atoms with van der Waals surface area (Å²) >= 11 is 5.36. The molecule has 0 saturated heterocycles. The Labute approximate surface area is 131 Å². The van der Waals surface area contributed by atoms with E-state index < -0.39 is 0 Å². The Morgan fingerprint density at radius 2 is 2.00 bits per heavy atom. The van der Waals surface area contributed by atoms with Crippen molar-refractivity contribution in [2.45, 2.75) is 20.0 Å². The topological polar surface area (TPSA) is 17.0 Å². The van der Waals surface area contributed by atoms with Gasteiger partial charge in [-0.15, -0.1) is 11.3 Å². The van der Waals surface area contributed by atoms with E-state index in [-0.39, 0.29) is 0 Å². The molecule has 0 unspecified atom stereocenters. The summed E-state index contributed by atoms with van der Waals surface area (Å²) in [6.45, 7) is 4.00. The van der Waals surface area contributed by atoms with Crippen molar-refractivity contribution in [1.29, 1.82) is 0 Å². The molecule has 1 N–H and O–H groups in total. The largest absolute Gasteiger partial charge is 0.346 e. The molecule has 104 valence electrons. The van der Waals surface area contributed by atoms with E-state index in [1.807, 2.05) is 0 Å². The average molecular weight is 349 g/mol. The van der Waals surface area contributed by atoms with Crippen LogP contribution in [0.25, 0.3) is 10.9 Å². The third-order valence-electron chi connectivity index (χ3n) is 3.78. The summed E-state index contributed by atoms with van der Waals surface area (Å²) < 4.78 is 3.49. The van der Waals surface area contributed by atoms with Crippen LogP contribution in [0.4, 0.5) is 0 Å². The van der Waals surface area contributed by atoms with Crippen LogP contribution in [0, 0.1) is 6.92 Å². The predicted molar refractivity (Wildman–Crippen MR) is 90.2 cm³/mol. The highest BCUT2D eigenvalue weighted by molar-refractivity contribution is 9.10. The Balaban J connectivity index is 1.79. The third-order valence-corrected chi connectivity index (χ3v) is 5.70. The van der Waals surface area contributed by atoms with Crippen molar-refractivity contribution in [3.8, 4) is 0 Å². The van der Waals surface area contributed by atoms with Crippen LogP contribution in [-0.4, -0.2) is 4.57 Å². The van der Waals surface area contributed by atoms with E-state index in [1.54, 1.807) is 11.3 Å². The van der Waals surface area contributed by atoms with E-state index in [9.17, 15) is 0 Å². The van der Waals surface area contributed by atoms with E-state index >= 15 is 0 Å². The second-order valence-corrected chi connectivity index (χ2v) is 6.80. The molecule has 0 atom stereocenters. The van der Waals surface area contributed by atoms with Gasteiger partial charge in [-0.25, -0.2) is 0 Å². The van der Waals surface area contributed by atoms with Gasteiger partial charge in [-0.2, -0.15) is 0 Å². The summed E-state index contributed by atoms with van der Waals surface area (Å²) in [4.78, 5) is 1.35. The van der Waals surface area contributed by atoms with Crippen LogP contribution in [0.5, 0.6) is 0 Å². The van der Waals surface area contributed by atoms with E-state index in [1.165, 1.54) is 31.5 Å². The number of thiophene rings is 1. The molecule has 0 saturated carbocycles. The highest BCUT2D eigenvalue weighted by Gasteiger charge is 2.10. The van der Waals surface area contributed by atoms with Gasteiger partial charge in [0.15, 0.2) is 0 Å². The number of nitrogens with zero attached hydrogens (tertiary/aromatic N) is 1. The Hall–Kier alpha value is -1.10. The molecule has 0 fully saturated rings. The summed E-state index contributed by atoms with van der Waals surface area (Å²) in [5.41, 5.74) is 4.04. The number of hydrogen-bond acceptors (Lipinski definition) is 2. The van der Waals surface area contributed by atoms with Gasteiger partial charge in [0, 0.05) is 46.1 Å². The zero-order chi connectivity index (χ0) is 14.1. The first kappa shape index (κ1) is 13.9. The summed E-state index contributed by atoms with van der Waals surface area (Å²) in [5, 5.41) is 7.01. The van der Waals surface area contributed by atoms with Crippen LogP contribution in [0.1, 0.15) is 16.1 Å². The third kappa shape index (κ3) is 2.43. The highest BCUT2D eigenvalue weighted by Crippen LogP contribution is 2.25. The molecule has 0 aliphatic carbocycles. The fourth-order valence-electron chi connectivity index (χ4n) is 2.63. The van der Waals surface area contributed by atoms with E-state index in [4.69, 9.17) is 0 Å². The fraction of sp³-hybridized carbons (Fsp3) is 0.250. The van der Waals surface area contributed by atoms with Gasteiger partial charge in [-0.3, -0.25) is 0 Å². The van der Waals surface area contributed by atoms with Gasteiger partial charge < -0.3 is 9.88 Å². The summed E-state index contributed by atoms with van der Waals surface area (Å²) in [6.07, 6.45) is 0. The molecular formula is C16H17BrN2S.